The van der Waals surface area contributed by atoms with Gasteiger partial charge in [0.1, 0.15) is 67.7 Å². The minimum atomic E-state index is -4.33. The standard InChI is InChI=1S/C36H42N6O21S3/c1-34(2)22(31(49)50)40-25(46)19(28(40)64(34,55)56)37-16(43)10-61-13-7-14(62-11-17(44)38-20-26(47)41-23(32(51)52)35(3,4)65(57,58)29(20)41)9-15(8-13)63-12-18(45)39-21-27(48)42-24(33(53)54)36(5,6)66(59,60)30(21)42/h7-9,19-24,28-30H,10-12H2,1-6H3,(H,37,43)(H,38,44)(H,39,45)(H,49,50)(H,51,52)(H,53,54)/t19-,20-,21-,22-,23-,24-,28-,29-,30-/m1/s1. The fraction of sp³-hybridized carbons (Fsp3) is 0.583. The quantitative estimate of drug-likeness (QED) is 0.0894. The fourth-order valence-electron chi connectivity index (χ4n) is 9.21. The molecule has 0 radical (unpaired) electrons. The maximum Gasteiger partial charge on any atom is 0.328 e. The van der Waals surface area contributed by atoms with Gasteiger partial charge in [0.15, 0.2) is 65.5 Å². The molecule has 1 aromatic rings. The van der Waals surface area contributed by atoms with Crippen molar-refractivity contribution in [3.63, 3.8) is 0 Å². The predicted molar refractivity (Wildman–Crippen MR) is 214 cm³/mol. The van der Waals surface area contributed by atoms with E-state index in [-0.39, 0.29) is 17.2 Å². The number of hydrogen-bond acceptors (Lipinski definition) is 18. The molecule has 6 saturated heterocycles. The number of ether oxygens (including phenoxy) is 3. The van der Waals surface area contributed by atoms with Crippen molar-refractivity contribution in [3.05, 3.63) is 18.2 Å². The van der Waals surface area contributed by atoms with E-state index in [1.165, 1.54) is 0 Å². The van der Waals surface area contributed by atoms with Crippen molar-refractivity contribution < 1.29 is 97.9 Å². The molecular formula is C36H42N6O21S3. The highest BCUT2D eigenvalue weighted by molar-refractivity contribution is 7.94. The highest BCUT2D eigenvalue weighted by Gasteiger charge is 2.75. The zero-order valence-electron chi connectivity index (χ0n) is 35.3. The van der Waals surface area contributed by atoms with E-state index in [1.807, 2.05) is 0 Å². The van der Waals surface area contributed by atoms with Gasteiger partial charge in [0.2, 0.25) is 17.7 Å². The summed E-state index contributed by atoms with van der Waals surface area (Å²) in [6.45, 7) is 3.95. The number of nitrogens with zero attached hydrogens (tertiary/aromatic N) is 3. The number of carbonyl (C=O) groups excluding carboxylic acids is 6. The molecule has 6 N–H and O–H groups in total. The van der Waals surface area contributed by atoms with Crippen molar-refractivity contribution in [2.75, 3.05) is 19.8 Å². The van der Waals surface area contributed by atoms with Crippen LogP contribution in [0.4, 0.5) is 0 Å². The first-order chi connectivity index (χ1) is 30.3. The summed E-state index contributed by atoms with van der Waals surface area (Å²) in [7, 11) is -13.0. The summed E-state index contributed by atoms with van der Waals surface area (Å²) in [5.74, 6) is -11.8. The maximum absolute atomic E-state index is 13.2. The fourth-order valence-corrected chi connectivity index (χ4v) is 15.9. The summed E-state index contributed by atoms with van der Waals surface area (Å²) in [5, 5.41) is 30.5. The number of nitrogens with one attached hydrogen (secondary N) is 3. The number of hydrogen-bond donors (Lipinski definition) is 6. The van der Waals surface area contributed by atoms with Crippen LogP contribution in [0.5, 0.6) is 17.2 Å². The lowest BCUT2D eigenvalue weighted by atomic mass is 9.96. The van der Waals surface area contributed by atoms with Gasteiger partial charge in [-0.15, -0.1) is 0 Å². The Morgan fingerprint density at radius 1 is 0.485 bits per heavy atom. The topological polar surface area (TPSA) is 390 Å². The highest BCUT2D eigenvalue weighted by atomic mass is 32.2. The number of carboxylic acid groups (broad SMARTS) is 3. The molecular weight excluding hydrogens is 949 g/mol. The van der Waals surface area contributed by atoms with Crippen LogP contribution in [0.1, 0.15) is 41.5 Å². The van der Waals surface area contributed by atoms with E-state index in [0.29, 0.717) is 14.7 Å². The van der Waals surface area contributed by atoms with Crippen LogP contribution in [-0.2, 0) is 72.7 Å². The molecule has 30 heteroatoms. The monoisotopic (exact) mass is 990 g/mol. The number of sulfone groups is 3. The van der Waals surface area contributed by atoms with Gasteiger partial charge in [0.05, 0.1) is 0 Å². The first kappa shape index (κ1) is 47.7. The summed E-state index contributed by atoms with van der Waals surface area (Å²) in [4.78, 5) is 115. The Hall–Kier alpha value is -6.30. The van der Waals surface area contributed by atoms with Gasteiger partial charge in [-0.25, -0.2) is 39.6 Å². The van der Waals surface area contributed by atoms with Gasteiger partial charge in [0, 0.05) is 18.2 Å². The summed E-state index contributed by atoms with van der Waals surface area (Å²) in [6, 6.07) is -7.03. The van der Waals surface area contributed by atoms with Crippen LogP contribution in [0, 0.1) is 0 Å². The van der Waals surface area contributed by atoms with E-state index in [2.05, 4.69) is 16.0 Å². The number of rotatable bonds is 15. The lowest BCUT2D eigenvalue weighted by Crippen LogP contribution is -2.72. The van der Waals surface area contributed by atoms with Crippen molar-refractivity contribution in [2.45, 2.75) is 108 Å². The largest absolute Gasteiger partial charge is 0.484 e. The second-order valence-corrected chi connectivity index (χ2v) is 25.6. The maximum atomic E-state index is 13.2. The molecule has 66 heavy (non-hydrogen) atoms. The first-order valence-electron chi connectivity index (χ1n) is 19.5. The van der Waals surface area contributed by atoms with Gasteiger partial charge < -0.3 is 60.2 Å². The van der Waals surface area contributed by atoms with Crippen LogP contribution in [0.25, 0.3) is 0 Å². The molecule has 27 nitrogen and oxygen atoms in total. The highest BCUT2D eigenvalue weighted by Crippen LogP contribution is 2.48. The summed E-state index contributed by atoms with van der Waals surface area (Å²) < 4.78 is 90.1. The third kappa shape index (κ3) is 6.60. The third-order valence-electron chi connectivity index (χ3n) is 12.8. The Morgan fingerprint density at radius 2 is 0.697 bits per heavy atom. The van der Waals surface area contributed by atoms with Crippen LogP contribution in [0.3, 0.4) is 0 Å². The van der Waals surface area contributed by atoms with E-state index >= 15 is 0 Å². The predicted octanol–water partition coefficient (Wildman–Crippen LogP) is -5.24. The molecule has 0 aromatic heterocycles. The van der Waals surface area contributed by atoms with Crippen molar-refractivity contribution in [2.24, 2.45) is 0 Å². The Kier molecular flexibility index (Phi) is 10.9. The number of fused-ring (bicyclic) bond motifs is 3. The number of benzene rings is 1. The number of carbonyl (C=O) groups is 9. The SMILES string of the molecule is CC1(C)[C@@H](C(=O)O)N2C(=O)[C@@H](NC(=O)COc3cc(OCC(=O)N[C@@H]4C(=O)N5[C@@H]4S(=O)(=O)C(C)(C)[C@H]5C(=O)O)cc(OCC(=O)N[C@@H]4C(=O)N5[C@@H]4S(=O)(=O)C(C)(C)[C@H]5C(=O)O)c3)[C@H]2S1(=O)=O. The van der Waals surface area contributed by atoms with Gasteiger partial charge in [-0.05, 0) is 41.5 Å². The van der Waals surface area contributed by atoms with E-state index in [0.717, 1.165) is 59.7 Å². The van der Waals surface area contributed by atoms with Crippen LogP contribution in [0.2, 0.25) is 0 Å². The molecule has 0 saturated carbocycles. The lowest BCUT2D eigenvalue weighted by Gasteiger charge is -2.42. The van der Waals surface area contributed by atoms with Crippen LogP contribution < -0.4 is 30.2 Å². The van der Waals surface area contributed by atoms with E-state index in [4.69, 9.17) is 14.2 Å². The van der Waals surface area contributed by atoms with Crippen molar-refractivity contribution in [1.29, 1.82) is 0 Å². The minimum absolute atomic E-state index is 0.312. The molecule has 6 aliphatic rings. The zero-order chi connectivity index (χ0) is 49.3. The molecule has 0 aliphatic carbocycles. The zero-order valence-corrected chi connectivity index (χ0v) is 37.8. The number of amides is 6. The summed E-state index contributed by atoms with van der Waals surface area (Å²) >= 11 is 0. The molecule has 0 bridgehead atoms. The minimum Gasteiger partial charge on any atom is -0.484 e. The molecule has 0 unspecified atom stereocenters. The van der Waals surface area contributed by atoms with Gasteiger partial charge in [-0.3, -0.25) is 28.8 Å². The molecule has 6 heterocycles. The van der Waals surface area contributed by atoms with Crippen molar-refractivity contribution in [1.82, 2.24) is 30.7 Å². The summed E-state index contributed by atoms with van der Waals surface area (Å²) in [5.41, 5.74) is 0. The molecule has 6 amide bonds. The average Bonchev–Trinajstić information content (AvgIpc) is 3.54. The summed E-state index contributed by atoms with van der Waals surface area (Å²) in [6.07, 6.45) is 0. The normalized spacial score (nSPS) is 31.6. The van der Waals surface area contributed by atoms with Gasteiger partial charge in [0.25, 0.3) is 17.7 Å². The second kappa shape index (κ2) is 15.1. The van der Waals surface area contributed by atoms with E-state index in [1.54, 1.807) is 0 Å². The van der Waals surface area contributed by atoms with Gasteiger partial charge in [-0.1, -0.05) is 0 Å². The number of aliphatic carboxylic acids is 3. The molecule has 9 atom stereocenters. The molecule has 0 spiro atoms. The molecule has 7 rings (SSSR count). The van der Waals surface area contributed by atoms with Crippen molar-refractivity contribution in [3.8, 4) is 17.2 Å². The van der Waals surface area contributed by atoms with Gasteiger partial charge in [-0.2, -0.15) is 0 Å². The third-order valence-corrected chi connectivity index (χ3v) is 21.3. The second-order valence-electron chi connectivity index (χ2n) is 17.7. The van der Waals surface area contributed by atoms with E-state index < -0.39 is 169 Å². The van der Waals surface area contributed by atoms with Crippen LogP contribution >= 0.6 is 0 Å². The van der Waals surface area contributed by atoms with Crippen molar-refractivity contribution >= 4 is 82.9 Å². The average molecular weight is 991 g/mol. The smallest absolute Gasteiger partial charge is 0.328 e. The molecule has 6 aliphatic heterocycles. The van der Waals surface area contributed by atoms with E-state index in [9.17, 15) is 83.7 Å². The van der Waals surface area contributed by atoms with Crippen LogP contribution in [0.15, 0.2) is 18.2 Å². The Bertz CT molecular complexity index is 2470. The molecule has 1 aromatic carbocycles. The lowest BCUT2D eigenvalue weighted by molar-refractivity contribution is -0.161. The number of carboxylic acids is 3. The Balaban J connectivity index is 1.04. The Labute approximate surface area is 373 Å². The molecule has 6 fully saturated rings. The van der Waals surface area contributed by atoms with Gasteiger partial charge >= 0.3 is 17.9 Å². The number of β-lactam (4-membered cyclic amide) rings is 3. The first-order valence-corrected chi connectivity index (χ1v) is 24.2. The van der Waals surface area contributed by atoms with Crippen LogP contribution in [-0.4, -0.2) is 195 Å². The molecule has 360 valence electrons. The Morgan fingerprint density at radius 3 is 0.894 bits per heavy atom.